The molecule has 7 heteroatoms. The molecule has 4 saturated heterocycles. The Hall–Kier alpha value is 0.120. The summed E-state index contributed by atoms with van der Waals surface area (Å²) in [4.78, 5) is 0. The van der Waals surface area contributed by atoms with E-state index in [1.165, 1.54) is 6.42 Å². The van der Waals surface area contributed by atoms with E-state index in [0.29, 0.717) is 19.0 Å². The van der Waals surface area contributed by atoms with Crippen molar-refractivity contribution in [1.29, 1.82) is 0 Å². The van der Waals surface area contributed by atoms with Gasteiger partial charge in [0, 0.05) is 32.2 Å². The van der Waals surface area contributed by atoms with E-state index in [1.807, 2.05) is 0 Å². The van der Waals surface area contributed by atoms with Gasteiger partial charge in [-0.3, -0.25) is 0 Å². The molecular formula is C11H22ClN3O2S. The van der Waals surface area contributed by atoms with Crippen LogP contribution < -0.4 is 5.32 Å². The minimum Gasteiger partial charge on any atom is -0.315 e. The number of rotatable bonds is 2. The van der Waals surface area contributed by atoms with Crippen LogP contribution in [-0.2, 0) is 10.2 Å². The molecule has 4 rings (SSSR count). The molecule has 0 aliphatic carbocycles. The number of hydrogen-bond acceptors (Lipinski definition) is 3. The predicted molar refractivity (Wildman–Crippen MR) is 73.1 cm³/mol. The number of hydrogen-bond donors (Lipinski definition) is 1. The standard InChI is InChI=1S/C11H21N3O2S.ClH/c15-17(16,13-5-1-2-6-13)14-9-10-3-4-11(14)8-12-7-10;/h10-12H,1-9H2;1H/t10-,11+;/m1./s1. The summed E-state index contributed by atoms with van der Waals surface area (Å²) in [5.41, 5.74) is 0. The minimum atomic E-state index is -3.19. The molecule has 5 nitrogen and oxygen atoms in total. The van der Waals surface area contributed by atoms with Gasteiger partial charge >= 0.3 is 0 Å². The molecule has 0 saturated carbocycles. The van der Waals surface area contributed by atoms with Crippen molar-refractivity contribution < 1.29 is 8.42 Å². The van der Waals surface area contributed by atoms with Gasteiger partial charge in [-0.2, -0.15) is 17.0 Å². The molecule has 4 aliphatic rings. The maximum atomic E-state index is 12.6. The van der Waals surface area contributed by atoms with Crippen molar-refractivity contribution in [2.24, 2.45) is 5.92 Å². The summed E-state index contributed by atoms with van der Waals surface area (Å²) in [5, 5.41) is 3.38. The molecule has 4 heterocycles. The van der Waals surface area contributed by atoms with E-state index < -0.39 is 10.2 Å². The topological polar surface area (TPSA) is 52.7 Å². The number of nitrogens with one attached hydrogen (secondary N) is 1. The minimum absolute atomic E-state index is 0. The Kier molecular flexibility index (Phi) is 4.54. The lowest BCUT2D eigenvalue weighted by atomic mass is 9.97. The van der Waals surface area contributed by atoms with E-state index >= 15 is 0 Å². The zero-order chi connectivity index (χ0) is 11.9. The second-order valence-corrected chi connectivity index (χ2v) is 7.32. The van der Waals surface area contributed by atoms with Crippen molar-refractivity contribution in [3.8, 4) is 0 Å². The average molecular weight is 296 g/mol. The van der Waals surface area contributed by atoms with Crippen LogP contribution in [0.1, 0.15) is 25.7 Å². The van der Waals surface area contributed by atoms with Crippen molar-refractivity contribution >= 4 is 22.6 Å². The van der Waals surface area contributed by atoms with Crippen molar-refractivity contribution in [3.05, 3.63) is 0 Å². The average Bonchev–Trinajstić information content (AvgIpc) is 2.68. The van der Waals surface area contributed by atoms with Gasteiger partial charge in [-0.15, -0.1) is 12.4 Å². The fourth-order valence-electron chi connectivity index (χ4n) is 3.24. The molecule has 106 valence electrons. The molecule has 4 aliphatic heterocycles. The second kappa shape index (κ2) is 5.63. The quantitative estimate of drug-likeness (QED) is 0.804. The first kappa shape index (κ1) is 14.5. The first-order chi connectivity index (χ1) is 8.18. The Labute approximate surface area is 115 Å². The molecule has 0 amide bonds. The summed E-state index contributed by atoms with van der Waals surface area (Å²) in [5.74, 6) is 0.506. The molecule has 0 spiro atoms. The molecule has 1 N–H and O–H groups in total. The molecule has 2 atom stereocenters. The lowest BCUT2D eigenvalue weighted by Crippen LogP contribution is -2.52. The van der Waals surface area contributed by atoms with E-state index in [1.54, 1.807) is 8.61 Å². The fourth-order valence-corrected chi connectivity index (χ4v) is 5.21. The Morgan fingerprint density at radius 3 is 2.50 bits per heavy atom. The zero-order valence-corrected chi connectivity index (χ0v) is 12.2. The zero-order valence-electron chi connectivity index (χ0n) is 10.5. The lowest BCUT2D eigenvalue weighted by molar-refractivity contribution is 0.217. The predicted octanol–water partition coefficient (Wildman–Crippen LogP) is 0.433. The highest BCUT2D eigenvalue weighted by molar-refractivity contribution is 7.86. The van der Waals surface area contributed by atoms with Crippen LogP contribution in [0.5, 0.6) is 0 Å². The van der Waals surface area contributed by atoms with Gasteiger partial charge in [0.2, 0.25) is 0 Å². The molecule has 4 fully saturated rings. The maximum Gasteiger partial charge on any atom is 0.282 e. The summed E-state index contributed by atoms with van der Waals surface area (Å²) >= 11 is 0. The van der Waals surface area contributed by atoms with Crippen molar-refractivity contribution in [2.45, 2.75) is 31.7 Å². The molecule has 0 aromatic carbocycles. The highest BCUT2D eigenvalue weighted by atomic mass is 35.5. The Morgan fingerprint density at radius 2 is 1.78 bits per heavy atom. The van der Waals surface area contributed by atoms with Gasteiger partial charge in [0.05, 0.1) is 0 Å². The van der Waals surface area contributed by atoms with Crippen molar-refractivity contribution in [1.82, 2.24) is 13.9 Å². The van der Waals surface area contributed by atoms with Gasteiger partial charge in [-0.05, 0) is 38.1 Å². The van der Waals surface area contributed by atoms with E-state index in [4.69, 9.17) is 0 Å². The first-order valence-electron chi connectivity index (χ1n) is 6.65. The van der Waals surface area contributed by atoms with Crippen LogP contribution in [0.2, 0.25) is 0 Å². The van der Waals surface area contributed by atoms with Crippen LogP contribution in [0, 0.1) is 5.92 Å². The largest absolute Gasteiger partial charge is 0.315 e. The van der Waals surface area contributed by atoms with E-state index in [2.05, 4.69) is 5.32 Å². The van der Waals surface area contributed by atoms with Crippen LogP contribution in [0.4, 0.5) is 0 Å². The summed E-state index contributed by atoms with van der Waals surface area (Å²) in [6.45, 7) is 3.94. The van der Waals surface area contributed by atoms with E-state index in [-0.39, 0.29) is 18.4 Å². The van der Waals surface area contributed by atoms with Crippen LogP contribution in [0.15, 0.2) is 0 Å². The van der Waals surface area contributed by atoms with E-state index in [9.17, 15) is 8.42 Å². The summed E-state index contributed by atoms with van der Waals surface area (Å²) < 4.78 is 28.6. The summed E-state index contributed by atoms with van der Waals surface area (Å²) in [7, 11) is -3.19. The monoisotopic (exact) mass is 295 g/mol. The molecule has 18 heavy (non-hydrogen) atoms. The SMILES string of the molecule is Cl.O=S(=O)(N1CCCC1)N1C[C@@H]2CC[C@H]1CNC2. The highest BCUT2D eigenvalue weighted by Gasteiger charge is 2.41. The molecule has 0 unspecified atom stereocenters. The summed E-state index contributed by atoms with van der Waals surface area (Å²) in [6, 6.07) is 0.180. The third-order valence-corrected chi connectivity index (χ3v) is 6.31. The second-order valence-electron chi connectivity index (χ2n) is 5.44. The van der Waals surface area contributed by atoms with Gasteiger partial charge < -0.3 is 5.32 Å². The normalized spacial score (nSPS) is 34.2. The van der Waals surface area contributed by atoms with Crippen molar-refractivity contribution in [3.63, 3.8) is 0 Å². The van der Waals surface area contributed by atoms with Gasteiger partial charge in [0.1, 0.15) is 0 Å². The number of halogens is 1. The smallest absolute Gasteiger partial charge is 0.282 e. The maximum absolute atomic E-state index is 12.6. The number of nitrogens with zero attached hydrogens (tertiary/aromatic N) is 2. The van der Waals surface area contributed by atoms with Gasteiger partial charge in [-0.25, -0.2) is 0 Å². The van der Waals surface area contributed by atoms with Crippen molar-refractivity contribution in [2.75, 3.05) is 32.7 Å². The van der Waals surface area contributed by atoms with E-state index in [0.717, 1.165) is 38.9 Å². The summed E-state index contributed by atoms with van der Waals surface area (Å²) in [6.07, 6.45) is 4.22. The molecular weight excluding hydrogens is 274 g/mol. The van der Waals surface area contributed by atoms with Crippen LogP contribution in [0.25, 0.3) is 0 Å². The highest BCUT2D eigenvalue weighted by Crippen LogP contribution is 2.29. The third kappa shape index (κ3) is 2.54. The van der Waals surface area contributed by atoms with Crippen LogP contribution in [-0.4, -0.2) is 55.8 Å². The molecule has 0 aromatic heterocycles. The Balaban J connectivity index is 0.00000120. The first-order valence-corrected chi connectivity index (χ1v) is 8.05. The van der Waals surface area contributed by atoms with Gasteiger partial charge in [0.15, 0.2) is 0 Å². The molecule has 2 bridgehead atoms. The molecule has 0 radical (unpaired) electrons. The van der Waals surface area contributed by atoms with Gasteiger partial charge in [0.25, 0.3) is 10.2 Å². The molecule has 0 aromatic rings. The Bertz CT molecular complexity index is 380. The fraction of sp³-hybridized carbons (Fsp3) is 1.00. The Morgan fingerprint density at radius 1 is 1.06 bits per heavy atom. The third-order valence-electron chi connectivity index (χ3n) is 4.25. The number of piperidine rings is 1. The van der Waals surface area contributed by atoms with Crippen LogP contribution >= 0.6 is 12.4 Å². The van der Waals surface area contributed by atoms with Gasteiger partial charge in [-0.1, -0.05) is 0 Å². The number of fused-ring (bicyclic) bond motifs is 4. The van der Waals surface area contributed by atoms with Crippen LogP contribution in [0.3, 0.4) is 0 Å². The lowest BCUT2D eigenvalue weighted by Gasteiger charge is -2.37.